The summed E-state index contributed by atoms with van der Waals surface area (Å²) in [5, 5.41) is 11.9. The number of fused-ring (bicyclic) bond motifs is 1. The van der Waals surface area contributed by atoms with Crippen LogP contribution in [0.1, 0.15) is 0 Å². The van der Waals surface area contributed by atoms with Crippen LogP contribution in [0.5, 0.6) is 0 Å². The van der Waals surface area contributed by atoms with E-state index in [0.717, 1.165) is 21.7 Å². The lowest BCUT2D eigenvalue weighted by atomic mass is 10.3. The zero-order chi connectivity index (χ0) is 12.5. The molecular weight excluding hydrogens is 268 g/mol. The van der Waals surface area contributed by atoms with Crippen LogP contribution in [0.4, 0.5) is 0 Å². The number of rotatable bonds is 3. The fourth-order valence-corrected chi connectivity index (χ4v) is 2.91. The molecule has 3 rings (SSSR count). The normalized spacial score (nSPS) is 11.2. The Kier molecular flexibility index (Phi) is 3.07. The monoisotopic (exact) mass is 278 g/mol. The van der Waals surface area contributed by atoms with Gasteiger partial charge in [0, 0.05) is 11.6 Å². The molecule has 0 unspecified atom stereocenters. The summed E-state index contributed by atoms with van der Waals surface area (Å²) in [4.78, 5) is 5.71. The van der Waals surface area contributed by atoms with Crippen LogP contribution >= 0.6 is 22.9 Å². The maximum Gasteiger partial charge on any atom is 0.151 e. The number of halogens is 1. The van der Waals surface area contributed by atoms with Crippen LogP contribution in [0.2, 0.25) is 5.02 Å². The SMILES string of the molecule is OCCn1c(-c2cccs2)nc2cc(Cl)ccc21. The van der Waals surface area contributed by atoms with E-state index in [1.54, 1.807) is 11.3 Å². The van der Waals surface area contributed by atoms with E-state index in [1.165, 1.54) is 0 Å². The number of thiophene rings is 1. The summed E-state index contributed by atoms with van der Waals surface area (Å²) in [6.07, 6.45) is 0. The molecular formula is C13H11ClN2OS. The van der Waals surface area contributed by atoms with Crippen molar-refractivity contribution in [2.75, 3.05) is 6.61 Å². The predicted octanol–water partition coefficient (Wildman–Crippen LogP) is 3.41. The Morgan fingerprint density at radius 1 is 1.33 bits per heavy atom. The first-order valence-electron chi connectivity index (χ1n) is 5.60. The average Bonchev–Trinajstić information content (AvgIpc) is 2.97. The van der Waals surface area contributed by atoms with E-state index in [9.17, 15) is 5.11 Å². The maximum absolute atomic E-state index is 9.20. The molecule has 0 amide bonds. The van der Waals surface area contributed by atoms with Gasteiger partial charge in [-0.25, -0.2) is 4.98 Å². The molecule has 1 N–H and O–H groups in total. The van der Waals surface area contributed by atoms with Gasteiger partial charge in [0.25, 0.3) is 0 Å². The summed E-state index contributed by atoms with van der Waals surface area (Å²) in [6, 6.07) is 9.66. The van der Waals surface area contributed by atoms with Crippen molar-refractivity contribution in [3.8, 4) is 10.7 Å². The average molecular weight is 279 g/mol. The van der Waals surface area contributed by atoms with E-state index >= 15 is 0 Å². The fraction of sp³-hybridized carbons (Fsp3) is 0.154. The van der Waals surface area contributed by atoms with Gasteiger partial charge in [-0.1, -0.05) is 17.7 Å². The van der Waals surface area contributed by atoms with Crippen molar-refractivity contribution in [2.45, 2.75) is 6.54 Å². The summed E-state index contributed by atoms with van der Waals surface area (Å²) in [6.45, 7) is 0.623. The summed E-state index contributed by atoms with van der Waals surface area (Å²) in [5.41, 5.74) is 1.86. The molecule has 2 heterocycles. The van der Waals surface area contributed by atoms with Crippen molar-refractivity contribution >= 4 is 34.0 Å². The Hall–Kier alpha value is -1.36. The lowest BCUT2D eigenvalue weighted by Crippen LogP contribution is -2.03. The number of nitrogens with zero attached hydrogens (tertiary/aromatic N) is 2. The van der Waals surface area contributed by atoms with Gasteiger partial charge in [-0.15, -0.1) is 11.3 Å². The molecule has 5 heteroatoms. The second-order valence-corrected chi connectivity index (χ2v) is 5.31. The van der Waals surface area contributed by atoms with E-state index in [4.69, 9.17) is 11.6 Å². The first-order chi connectivity index (χ1) is 8.79. The highest BCUT2D eigenvalue weighted by Gasteiger charge is 2.13. The molecule has 0 saturated carbocycles. The van der Waals surface area contributed by atoms with E-state index in [2.05, 4.69) is 4.98 Å². The largest absolute Gasteiger partial charge is 0.395 e. The zero-order valence-electron chi connectivity index (χ0n) is 9.51. The molecule has 0 aliphatic heterocycles. The number of aliphatic hydroxyl groups excluding tert-OH is 1. The number of benzene rings is 1. The summed E-state index contributed by atoms with van der Waals surface area (Å²) < 4.78 is 2.03. The molecule has 0 radical (unpaired) electrons. The van der Waals surface area contributed by atoms with Gasteiger partial charge in [-0.05, 0) is 29.6 Å². The van der Waals surface area contributed by atoms with E-state index < -0.39 is 0 Å². The molecule has 0 bridgehead atoms. The topological polar surface area (TPSA) is 38.0 Å². The zero-order valence-corrected chi connectivity index (χ0v) is 11.1. The van der Waals surface area contributed by atoms with Crippen LogP contribution in [-0.2, 0) is 6.54 Å². The Morgan fingerprint density at radius 3 is 2.94 bits per heavy atom. The smallest absolute Gasteiger partial charge is 0.151 e. The summed E-state index contributed by atoms with van der Waals surface area (Å²) >= 11 is 7.62. The highest BCUT2D eigenvalue weighted by atomic mass is 35.5. The minimum atomic E-state index is 0.0897. The summed E-state index contributed by atoms with van der Waals surface area (Å²) in [7, 11) is 0. The van der Waals surface area contributed by atoms with Crippen LogP contribution in [0, 0.1) is 0 Å². The van der Waals surface area contributed by atoms with Gasteiger partial charge < -0.3 is 9.67 Å². The van der Waals surface area contributed by atoms with Gasteiger partial charge in [0.1, 0.15) is 0 Å². The van der Waals surface area contributed by atoms with E-state index in [0.29, 0.717) is 11.6 Å². The molecule has 0 spiro atoms. The van der Waals surface area contributed by atoms with Crippen molar-refractivity contribution in [3.63, 3.8) is 0 Å². The Morgan fingerprint density at radius 2 is 2.22 bits per heavy atom. The van der Waals surface area contributed by atoms with Gasteiger partial charge in [-0.2, -0.15) is 0 Å². The molecule has 3 nitrogen and oxygen atoms in total. The third-order valence-corrected chi connectivity index (χ3v) is 3.88. The van der Waals surface area contributed by atoms with Crippen molar-refractivity contribution < 1.29 is 5.11 Å². The molecule has 0 fully saturated rings. The van der Waals surface area contributed by atoms with Crippen molar-refractivity contribution in [1.29, 1.82) is 0 Å². The van der Waals surface area contributed by atoms with Crippen LogP contribution < -0.4 is 0 Å². The second kappa shape index (κ2) is 4.72. The molecule has 0 atom stereocenters. The van der Waals surface area contributed by atoms with Crippen LogP contribution in [0.3, 0.4) is 0 Å². The third-order valence-electron chi connectivity index (χ3n) is 2.78. The number of aliphatic hydroxyl groups is 1. The van der Waals surface area contributed by atoms with Gasteiger partial charge >= 0.3 is 0 Å². The second-order valence-electron chi connectivity index (χ2n) is 3.92. The van der Waals surface area contributed by atoms with Gasteiger partial charge in [0.15, 0.2) is 5.82 Å². The first kappa shape index (κ1) is 11.7. The van der Waals surface area contributed by atoms with Gasteiger partial charge in [-0.3, -0.25) is 0 Å². The lowest BCUT2D eigenvalue weighted by Gasteiger charge is -2.05. The quantitative estimate of drug-likeness (QED) is 0.797. The molecule has 0 aliphatic rings. The van der Waals surface area contributed by atoms with Crippen LogP contribution in [0.25, 0.3) is 21.7 Å². The maximum atomic E-state index is 9.20. The highest BCUT2D eigenvalue weighted by molar-refractivity contribution is 7.13. The number of hydrogen-bond acceptors (Lipinski definition) is 3. The standard InChI is InChI=1S/C13H11ClN2OS/c14-9-3-4-11-10(8-9)15-13(16(11)5-6-17)12-2-1-7-18-12/h1-4,7-8,17H,5-6H2. The fourth-order valence-electron chi connectivity index (χ4n) is 2.02. The van der Waals surface area contributed by atoms with Crippen molar-refractivity contribution in [3.05, 3.63) is 40.7 Å². The molecule has 0 saturated heterocycles. The Balaban J connectivity index is 2.26. The van der Waals surface area contributed by atoms with Crippen LogP contribution in [0.15, 0.2) is 35.7 Å². The lowest BCUT2D eigenvalue weighted by molar-refractivity contribution is 0.278. The molecule has 2 aromatic heterocycles. The minimum Gasteiger partial charge on any atom is -0.395 e. The Bertz CT molecular complexity index is 676. The van der Waals surface area contributed by atoms with Crippen molar-refractivity contribution in [1.82, 2.24) is 9.55 Å². The molecule has 1 aromatic carbocycles. The van der Waals surface area contributed by atoms with E-state index in [1.807, 2.05) is 40.3 Å². The summed E-state index contributed by atoms with van der Waals surface area (Å²) in [5.74, 6) is 0.885. The van der Waals surface area contributed by atoms with Gasteiger partial charge in [0.05, 0.1) is 22.5 Å². The van der Waals surface area contributed by atoms with Crippen LogP contribution in [-0.4, -0.2) is 21.3 Å². The third kappa shape index (κ3) is 1.92. The first-order valence-corrected chi connectivity index (χ1v) is 6.86. The molecule has 92 valence electrons. The highest BCUT2D eigenvalue weighted by Crippen LogP contribution is 2.29. The molecule has 18 heavy (non-hydrogen) atoms. The number of imidazole rings is 1. The van der Waals surface area contributed by atoms with Crippen molar-refractivity contribution in [2.24, 2.45) is 0 Å². The number of hydrogen-bond donors (Lipinski definition) is 1. The predicted molar refractivity (Wildman–Crippen MR) is 75.1 cm³/mol. The Labute approximate surface area is 113 Å². The molecule has 3 aromatic rings. The number of aromatic nitrogens is 2. The van der Waals surface area contributed by atoms with E-state index in [-0.39, 0.29) is 6.61 Å². The molecule has 0 aliphatic carbocycles. The van der Waals surface area contributed by atoms with Gasteiger partial charge in [0.2, 0.25) is 0 Å². The minimum absolute atomic E-state index is 0.0897.